The van der Waals surface area contributed by atoms with Crippen molar-refractivity contribution in [3.05, 3.63) is 39.5 Å². The van der Waals surface area contributed by atoms with Gasteiger partial charge >= 0.3 is 5.69 Å². The number of aromatic amines is 1. The summed E-state index contributed by atoms with van der Waals surface area (Å²) in [7, 11) is 0. The number of aromatic nitrogens is 3. The molecule has 1 heterocycles. The lowest BCUT2D eigenvalue weighted by Gasteiger charge is -2.12. The summed E-state index contributed by atoms with van der Waals surface area (Å²) >= 11 is 6.80. The predicted molar refractivity (Wildman–Crippen MR) is 88.5 cm³/mol. The third-order valence-corrected chi connectivity index (χ3v) is 4.34. The molecular weight excluding hydrogens is 343 g/mol. The molecule has 0 aliphatic heterocycles. The lowest BCUT2D eigenvalue weighted by Crippen LogP contribution is -2.24. The highest BCUT2D eigenvalue weighted by Gasteiger charge is 2.20. The minimum absolute atomic E-state index is 0.0554. The number of thioether (sulfide) groups is 1. The zero-order valence-corrected chi connectivity index (χ0v) is 14.2. The number of nitrogens with one attached hydrogen (secondary N) is 2. The van der Waals surface area contributed by atoms with E-state index in [0.717, 1.165) is 24.2 Å². The molecule has 0 aliphatic carbocycles. The maximum atomic E-state index is 13.7. The molecule has 2 rings (SSSR count). The van der Waals surface area contributed by atoms with Crippen molar-refractivity contribution in [2.24, 2.45) is 0 Å². The van der Waals surface area contributed by atoms with Crippen LogP contribution in [0.3, 0.4) is 0 Å². The van der Waals surface area contributed by atoms with Crippen molar-refractivity contribution in [1.82, 2.24) is 14.8 Å². The maximum Gasteiger partial charge on any atom is 0.343 e. The van der Waals surface area contributed by atoms with Crippen molar-refractivity contribution in [2.45, 2.75) is 37.2 Å². The average molecular weight is 359 g/mol. The number of amides is 1. The van der Waals surface area contributed by atoms with Crippen LogP contribution in [0.4, 0.5) is 10.1 Å². The van der Waals surface area contributed by atoms with E-state index in [2.05, 4.69) is 15.5 Å². The van der Waals surface area contributed by atoms with Gasteiger partial charge in [-0.3, -0.25) is 9.36 Å². The molecule has 0 fully saturated rings. The molecule has 1 unspecified atom stereocenters. The smallest absolute Gasteiger partial charge is 0.323 e. The molecule has 1 aromatic carbocycles. The molecule has 0 aliphatic rings. The Hall–Kier alpha value is -1.80. The average Bonchev–Trinajstić information content (AvgIpc) is 2.83. The van der Waals surface area contributed by atoms with Gasteiger partial charge in [-0.15, -0.1) is 5.10 Å². The summed E-state index contributed by atoms with van der Waals surface area (Å²) in [6.45, 7) is 4.11. The van der Waals surface area contributed by atoms with Crippen LogP contribution in [-0.2, 0) is 11.3 Å². The van der Waals surface area contributed by atoms with E-state index in [1.54, 1.807) is 6.92 Å². The molecule has 23 heavy (non-hydrogen) atoms. The molecule has 1 aromatic heterocycles. The lowest BCUT2D eigenvalue weighted by atomic mass is 10.3. The third-order valence-electron chi connectivity index (χ3n) is 3.01. The van der Waals surface area contributed by atoms with Crippen LogP contribution < -0.4 is 11.0 Å². The molecule has 0 saturated heterocycles. The van der Waals surface area contributed by atoms with Gasteiger partial charge in [-0.1, -0.05) is 30.3 Å². The number of nitrogens with zero attached hydrogens (tertiary/aromatic N) is 2. The number of benzene rings is 1. The van der Waals surface area contributed by atoms with Crippen LogP contribution in [0.2, 0.25) is 5.02 Å². The Morgan fingerprint density at radius 3 is 2.96 bits per heavy atom. The summed E-state index contributed by atoms with van der Waals surface area (Å²) in [5, 5.41) is 8.89. The zero-order valence-electron chi connectivity index (χ0n) is 12.6. The first-order valence-corrected chi connectivity index (χ1v) is 8.26. The molecule has 0 bridgehead atoms. The van der Waals surface area contributed by atoms with Crippen LogP contribution in [0.15, 0.2) is 28.2 Å². The van der Waals surface area contributed by atoms with Crippen LogP contribution in [0.25, 0.3) is 0 Å². The van der Waals surface area contributed by atoms with Gasteiger partial charge in [0.15, 0.2) is 5.16 Å². The normalized spacial score (nSPS) is 12.2. The Morgan fingerprint density at radius 2 is 2.30 bits per heavy atom. The highest BCUT2D eigenvalue weighted by atomic mass is 35.5. The highest BCUT2D eigenvalue weighted by molar-refractivity contribution is 8.00. The minimum atomic E-state index is -0.606. The van der Waals surface area contributed by atoms with E-state index in [0.29, 0.717) is 11.7 Å². The second-order valence-corrected chi connectivity index (χ2v) is 6.58. The first-order valence-electron chi connectivity index (χ1n) is 7.00. The van der Waals surface area contributed by atoms with Gasteiger partial charge in [0.05, 0.1) is 10.9 Å². The number of H-pyrrole nitrogens is 1. The molecule has 2 N–H and O–H groups in total. The summed E-state index contributed by atoms with van der Waals surface area (Å²) in [5.41, 5.74) is -0.259. The number of rotatable bonds is 6. The third kappa shape index (κ3) is 4.35. The van der Waals surface area contributed by atoms with E-state index in [1.807, 2.05) is 6.92 Å². The molecule has 0 spiro atoms. The second-order valence-electron chi connectivity index (χ2n) is 4.84. The molecule has 2 aromatic rings. The fourth-order valence-electron chi connectivity index (χ4n) is 1.85. The van der Waals surface area contributed by atoms with Gasteiger partial charge in [0.25, 0.3) is 0 Å². The van der Waals surface area contributed by atoms with Gasteiger partial charge in [0.1, 0.15) is 5.82 Å². The standard InChI is InChI=1S/C14H16ClFN4O2S/c1-3-6-20-13(22)18-19-14(20)23-8(2)12(21)17-11-5-4-9(15)7-10(11)16/h4-5,7-8H,3,6H2,1-2H3,(H,17,21)(H,18,22). The van der Waals surface area contributed by atoms with E-state index in [-0.39, 0.29) is 16.4 Å². The summed E-state index contributed by atoms with van der Waals surface area (Å²) in [5.74, 6) is -1.000. The monoisotopic (exact) mass is 358 g/mol. The Balaban J connectivity index is 2.07. The molecular formula is C14H16ClFN4O2S. The van der Waals surface area contributed by atoms with Crippen LogP contribution in [-0.4, -0.2) is 25.9 Å². The first kappa shape index (κ1) is 17.6. The summed E-state index contributed by atoms with van der Waals surface area (Å²) < 4.78 is 15.2. The molecule has 0 radical (unpaired) electrons. The van der Waals surface area contributed by atoms with Gasteiger partial charge in [0.2, 0.25) is 5.91 Å². The van der Waals surface area contributed by atoms with Gasteiger partial charge in [-0.2, -0.15) is 0 Å². The van der Waals surface area contributed by atoms with Crippen molar-refractivity contribution in [2.75, 3.05) is 5.32 Å². The SMILES string of the molecule is CCCn1c(SC(C)C(=O)Nc2ccc(Cl)cc2F)n[nH]c1=O. The van der Waals surface area contributed by atoms with Crippen molar-refractivity contribution >= 4 is 35.0 Å². The molecule has 1 amide bonds. The van der Waals surface area contributed by atoms with E-state index in [1.165, 1.54) is 16.7 Å². The fourth-order valence-corrected chi connectivity index (χ4v) is 2.89. The van der Waals surface area contributed by atoms with E-state index >= 15 is 0 Å². The Labute approximate surface area is 141 Å². The molecule has 124 valence electrons. The fraction of sp³-hybridized carbons (Fsp3) is 0.357. The number of hydrogen-bond donors (Lipinski definition) is 2. The van der Waals surface area contributed by atoms with Crippen molar-refractivity contribution in [3.63, 3.8) is 0 Å². The largest absolute Gasteiger partial charge is 0.343 e. The number of carbonyl (C=O) groups is 1. The number of carbonyl (C=O) groups excluding carboxylic acids is 1. The number of halogens is 2. The Morgan fingerprint density at radius 1 is 1.57 bits per heavy atom. The maximum absolute atomic E-state index is 13.7. The van der Waals surface area contributed by atoms with Crippen LogP contribution in [0.1, 0.15) is 20.3 Å². The van der Waals surface area contributed by atoms with E-state index in [4.69, 9.17) is 11.6 Å². The second kappa shape index (κ2) is 7.65. The lowest BCUT2D eigenvalue weighted by molar-refractivity contribution is -0.115. The Bertz CT molecular complexity index is 761. The predicted octanol–water partition coefficient (Wildman–Crippen LogP) is 2.89. The number of hydrogen-bond acceptors (Lipinski definition) is 4. The van der Waals surface area contributed by atoms with E-state index in [9.17, 15) is 14.0 Å². The topological polar surface area (TPSA) is 79.8 Å². The molecule has 0 saturated carbocycles. The molecule has 6 nitrogen and oxygen atoms in total. The van der Waals surface area contributed by atoms with Crippen LogP contribution in [0, 0.1) is 5.82 Å². The molecule has 9 heteroatoms. The Kier molecular flexibility index (Phi) is 5.84. The summed E-state index contributed by atoms with van der Waals surface area (Å²) in [4.78, 5) is 23.8. The van der Waals surface area contributed by atoms with Gasteiger partial charge < -0.3 is 5.32 Å². The van der Waals surface area contributed by atoms with Gasteiger partial charge in [0, 0.05) is 11.6 Å². The van der Waals surface area contributed by atoms with E-state index < -0.39 is 17.0 Å². The zero-order chi connectivity index (χ0) is 17.0. The number of anilines is 1. The van der Waals surface area contributed by atoms with Crippen molar-refractivity contribution < 1.29 is 9.18 Å². The highest BCUT2D eigenvalue weighted by Crippen LogP contribution is 2.23. The summed E-state index contributed by atoms with van der Waals surface area (Å²) in [6.07, 6.45) is 0.767. The minimum Gasteiger partial charge on any atom is -0.323 e. The first-order chi connectivity index (χ1) is 10.9. The quantitative estimate of drug-likeness (QED) is 0.778. The van der Waals surface area contributed by atoms with Gasteiger partial charge in [-0.25, -0.2) is 14.3 Å². The van der Waals surface area contributed by atoms with Crippen molar-refractivity contribution in [3.8, 4) is 0 Å². The van der Waals surface area contributed by atoms with Crippen molar-refractivity contribution in [1.29, 1.82) is 0 Å². The van der Waals surface area contributed by atoms with Crippen LogP contribution in [0.5, 0.6) is 0 Å². The molecule has 1 atom stereocenters. The van der Waals surface area contributed by atoms with Crippen LogP contribution >= 0.6 is 23.4 Å². The van der Waals surface area contributed by atoms with Gasteiger partial charge in [-0.05, 0) is 31.5 Å². The summed E-state index contributed by atoms with van der Waals surface area (Å²) in [6, 6.07) is 4.01.